The maximum atomic E-state index is 12.6. The summed E-state index contributed by atoms with van der Waals surface area (Å²) in [4.78, 5) is 17.0. The van der Waals surface area contributed by atoms with E-state index < -0.39 is 10.0 Å². The van der Waals surface area contributed by atoms with Gasteiger partial charge in [0.1, 0.15) is 10.0 Å². The number of pyridine rings is 1. The van der Waals surface area contributed by atoms with Gasteiger partial charge in [0.25, 0.3) is 0 Å². The van der Waals surface area contributed by atoms with Crippen molar-refractivity contribution < 1.29 is 13.2 Å². The monoisotopic (exact) mass is 316 g/mol. The number of hydrogen-bond donors (Lipinski definition) is 1. The molecule has 1 N–H and O–H groups in total. The quantitative estimate of drug-likeness (QED) is 0.786. The summed E-state index contributed by atoms with van der Waals surface area (Å²) in [7, 11) is -3.68. The number of aromatic nitrogens is 1. The van der Waals surface area contributed by atoms with Gasteiger partial charge in [-0.2, -0.15) is 4.31 Å². The van der Waals surface area contributed by atoms with E-state index in [-0.39, 0.29) is 35.2 Å². The number of carbonyl (C=O) groups is 1. The first kappa shape index (κ1) is 13.6. The smallest absolute Gasteiger partial charge is 0.317 e. The van der Waals surface area contributed by atoms with Crippen molar-refractivity contribution in [3.8, 4) is 0 Å². The molecule has 2 aliphatic heterocycles. The number of fused-ring (bicyclic) bond motifs is 1. The molecule has 3 rings (SSSR count). The van der Waals surface area contributed by atoms with Gasteiger partial charge in [-0.25, -0.2) is 18.2 Å². The third kappa shape index (κ3) is 2.13. The second kappa shape index (κ2) is 4.87. The summed E-state index contributed by atoms with van der Waals surface area (Å²) in [5.41, 5.74) is 0. The molecule has 2 amide bonds. The summed E-state index contributed by atoms with van der Waals surface area (Å²) in [6.45, 7) is 1.38. The van der Waals surface area contributed by atoms with Crippen molar-refractivity contribution in [2.24, 2.45) is 0 Å². The molecular weight excluding hydrogens is 304 g/mol. The van der Waals surface area contributed by atoms with Gasteiger partial charge in [-0.1, -0.05) is 11.6 Å². The third-order valence-corrected chi connectivity index (χ3v) is 5.85. The van der Waals surface area contributed by atoms with Crippen LogP contribution in [-0.4, -0.2) is 60.9 Å². The minimum absolute atomic E-state index is 0.00685. The minimum atomic E-state index is -3.68. The lowest BCUT2D eigenvalue weighted by atomic mass is 10.2. The molecule has 2 saturated heterocycles. The number of nitrogens with one attached hydrogen (secondary N) is 1. The molecule has 0 aromatic carbocycles. The van der Waals surface area contributed by atoms with E-state index in [0.29, 0.717) is 13.1 Å². The number of sulfonamides is 1. The summed E-state index contributed by atoms with van der Waals surface area (Å²) in [6.07, 6.45) is 1.44. The molecule has 0 aliphatic carbocycles. The van der Waals surface area contributed by atoms with E-state index in [9.17, 15) is 13.2 Å². The molecule has 2 aliphatic rings. The van der Waals surface area contributed by atoms with Crippen LogP contribution in [0.25, 0.3) is 0 Å². The van der Waals surface area contributed by atoms with Gasteiger partial charge in [-0.05, 0) is 12.1 Å². The summed E-state index contributed by atoms with van der Waals surface area (Å²) >= 11 is 5.87. The lowest BCUT2D eigenvalue weighted by molar-refractivity contribution is 0.164. The van der Waals surface area contributed by atoms with Gasteiger partial charge in [-0.15, -0.1) is 0 Å². The molecule has 7 nitrogen and oxygen atoms in total. The van der Waals surface area contributed by atoms with Gasteiger partial charge in [0.05, 0.1) is 6.04 Å². The zero-order valence-electron chi connectivity index (χ0n) is 10.5. The SMILES string of the molecule is O=C1NCC2CN(S(=O)(=O)c3cccnc3Cl)CCN12. The summed E-state index contributed by atoms with van der Waals surface area (Å²) in [6, 6.07) is 2.72. The van der Waals surface area contributed by atoms with Crippen LogP contribution in [0.4, 0.5) is 4.79 Å². The van der Waals surface area contributed by atoms with Crippen molar-refractivity contribution in [3.63, 3.8) is 0 Å². The zero-order valence-corrected chi connectivity index (χ0v) is 12.1. The first-order chi connectivity index (χ1) is 9.50. The van der Waals surface area contributed by atoms with Crippen LogP contribution >= 0.6 is 11.6 Å². The van der Waals surface area contributed by atoms with Gasteiger partial charge in [0.15, 0.2) is 0 Å². The molecule has 0 radical (unpaired) electrons. The summed E-state index contributed by atoms with van der Waals surface area (Å²) < 4.78 is 26.5. The topological polar surface area (TPSA) is 82.6 Å². The van der Waals surface area contributed by atoms with Crippen LogP contribution in [0.5, 0.6) is 0 Å². The molecule has 9 heteroatoms. The number of amides is 2. The summed E-state index contributed by atoms with van der Waals surface area (Å²) in [5, 5.41) is 2.68. The number of hydrogen-bond acceptors (Lipinski definition) is 4. The first-order valence-corrected chi connectivity index (χ1v) is 7.97. The molecule has 0 bridgehead atoms. The Labute approximate surface area is 121 Å². The fourth-order valence-electron chi connectivity index (χ4n) is 2.50. The molecule has 0 spiro atoms. The van der Waals surface area contributed by atoms with Crippen molar-refractivity contribution in [2.45, 2.75) is 10.9 Å². The fourth-order valence-corrected chi connectivity index (χ4v) is 4.39. The molecule has 1 atom stereocenters. The number of carbonyl (C=O) groups excluding carboxylic acids is 1. The highest BCUT2D eigenvalue weighted by atomic mass is 35.5. The molecule has 3 heterocycles. The zero-order chi connectivity index (χ0) is 14.3. The van der Waals surface area contributed by atoms with E-state index in [2.05, 4.69) is 10.3 Å². The van der Waals surface area contributed by atoms with Gasteiger partial charge in [-0.3, -0.25) is 0 Å². The van der Waals surface area contributed by atoms with Crippen LogP contribution in [0.3, 0.4) is 0 Å². The van der Waals surface area contributed by atoms with Crippen molar-refractivity contribution in [3.05, 3.63) is 23.5 Å². The molecule has 20 heavy (non-hydrogen) atoms. The Hall–Kier alpha value is -1.38. The Kier molecular flexibility index (Phi) is 3.31. The van der Waals surface area contributed by atoms with E-state index in [1.165, 1.54) is 22.6 Å². The lowest BCUT2D eigenvalue weighted by Gasteiger charge is -2.35. The summed E-state index contributed by atoms with van der Waals surface area (Å²) in [5.74, 6) is 0. The van der Waals surface area contributed by atoms with Crippen LogP contribution in [-0.2, 0) is 10.0 Å². The average molecular weight is 317 g/mol. The van der Waals surface area contributed by atoms with Crippen LogP contribution < -0.4 is 5.32 Å². The van der Waals surface area contributed by atoms with Crippen molar-refractivity contribution >= 4 is 27.7 Å². The number of urea groups is 1. The van der Waals surface area contributed by atoms with Crippen molar-refractivity contribution in [2.75, 3.05) is 26.2 Å². The molecule has 1 aromatic rings. The molecule has 1 unspecified atom stereocenters. The Balaban J connectivity index is 1.87. The molecule has 0 saturated carbocycles. The Bertz CT molecular complexity index is 651. The average Bonchev–Trinajstić information content (AvgIpc) is 2.80. The Morgan fingerprint density at radius 1 is 1.40 bits per heavy atom. The number of piperazine rings is 1. The molecule has 108 valence electrons. The normalized spacial score (nSPS) is 23.6. The van der Waals surface area contributed by atoms with Crippen LogP contribution in [0.2, 0.25) is 5.15 Å². The number of nitrogens with zero attached hydrogens (tertiary/aromatic N) is 3. The molecular formula is C11H13ClN4O3S. The van der Waals surface area contributed by atoms with Gasteiger partial charge >= 0.3 is 6.03 Å². The second-order valence-corrected chi connectivity index (χ2v) is 6.95. The Morgan fingerprint density at radius 3 is 2.95 bits per heavy atom. The maximum absolute atomic E-state index is 12.6. The maximum Gasteiger partial charge on any atom is 0.317 e. The molecule has 1 aromatic heterocycles. The van der Waals surface area contributed by atoms with Crippen LogP contribution in [0, 0.1) is 0 Å². The van der Waals surface area contributed by atoms with Crippen LogP contribution in [0.15, 0.2) is 23.2 Å². The Morgan fingerprint density at radius 2 is 2.20 bits per heavy atom. The first-order valence-electron chi connectivity index (χ1n) is 6.15. The highest BCUT2D eigenvalue weighted by Gasteiger charge is 2.40. The standard InChI is InChI=1S/C11H13ClN4O3S/c12-10-9(2-1-3-13-10)20(18,19)15-4-5-16-8(7-15)6-14-11(16)17/h1-3,8H,4-7H2,(H,14,17). The van der Waals surface area contributed by atoms with E-state index in [1.54, 1.807) is 4.90 Å². The van der Waals surface area contributed by atoms with Gasteiger partial charge in [0.2, 0.25) is 10.0 Å². The van der Waals surface area contributed by atoms with Gasteiger partial charge in [0, 0.05) is 32.4 Å². The predicted molar refractivity (Wildman–Crippen MR) is 71.9 cm³/mol. The third-order valence-electron chi connectivity index (χ3n) is 3.54. The highest BCUT2D eigenvalue weighted by molar-refractivity contribution is 7.89. The van der Waals surface area contributed by atoms with Crippen molar-refractivity contribution in [1.29, 1.82) is 0 Å². The van der Waals surface area contributed by atoms with Gasteiger partial charge < -0.3 is 10.2 Å². The number of halogens is 1. The second-order valence-electron chi connectivity index (χ2n) is 4.69. The predicted octanol–water partition coefficient (Wildman–Crippen LogP) is 0.133. The van der Waals surface area contributed by atoms with Crippen LogP contribution in [0.1, 0.15) is 0 Å². The lowest BCUT2D eigenvalue weighted by Crippen LogP contribution is -2.53. The largest absolute Gasteiger partial charge is 0.336 e. The van der Waals surface area contributed by atoms with E-state index >= 15 is 0 Å². The minimum Gasteiger partial charge on any atom is -0.336 e. The van der Waals surface area contributed by atoms with E-state index in [4.69, 9.17) is 11.6 Å². The molecule has 2 fully saturated rings. The number of rotatable bonds is 2. The van der Waals surface area contributed by atoms with Crippen molar-refractivity contribution in [1.82, 2.24) is 19.5 Å². The van der Waals surface area contributed by atoms with E-state index in [1.807, 2.05) is 0 Å². The van der Waals surface area contributed by atoms with E-state index in [0.717, 1.165) is 0 Å². The fraction of sp³-hybridized carbons (Fsp3) is 0.455. The highest BCUT2D eigenvalue weighted by Crippen LogP contribution is 2.25.